The van der Waals surface area contributed by atoms with Crippen molar-refractivity contribution in [1.82, 2.24) is 30.0 Å². The fraction of sp³-hybridized carbons (Fsp3) is 0.571. The van der Waals surface area contributed by atoms with E-state index >= 15 is 0 Å². The number of anilines is 2. The lowest BCUT2D eigenvalue weighted by atomic mass is 9.73. The fourth-order valence-corrected chi connectivity index (χ4v) is 7.56. The number of nitrogens with one attached hydrogen (secondary N) is 2. The Morgan fingerprint density at radius 1 is 1.20 bits per heavy atom. The van der Waals surface area contributed by atoms with E-state index in [9.17, 15) is 9.59 Å². The van der Waals surface area contributed by atoms with E-state index in [1.807, 2.05) is 17.4 Å². The molecule has 0 atom stereocenters. The number of likely N-dealkylation sites (tertiary alicyclic amines) is 2. The highest BCUT2D eigenvalue weighted by Crippen LogP contribution is 2.43. The molecule has 41 heavy (non-hydrogen) atoms. The summed E-state index contributed by atoms with van der Waals surface area (Å²) in [6, 6.07) is 0.446. The SMILES string of the molecule is CO[N+]1(C2CCN(C(=O)Cc3csc(NC(=O)c4[nH]nc5c4C(C)(C)Cc4cnc(N)nc4-5)n3)CC2)CCCCC1. The molecule has 13 heteroatoms. The second-order valence-corrected chi connectivity index (χ2v) is 12.9. The standard InChI is InChI=1S/C28H37N9O3S/c1-28(2)14-17-15-30-26(29)32-22(17)23-21(28)24(35-34-23)25(39)33-27-31-18(16-41-27)13-20(38)36-9-7-19(8-10-36)37(40-3)11-5-4-6-12-37/h15-16,19H,4-14H2,1-3H3,(H3-,29,30,31,32,33,34,35,39)/p+1. The quantitative estimate of drug-likeness (QED) is 0.376. The maximum atomic E-state index is 13.3. The van der Waals surface area contributed by atoms with Gasteiger partial charge in [0.1, 0.15) is 30.5 Å². The number of carbonyl (C=O) groups is 2. The van der Waals surface area contributed by atoms with Crippen LogP contribution in [0.4, 0.5) is 11.1 Å². The van der Waals surface area contributed by atoms with E-state index in [0.717, 1.165) is 54.8 Å². The average molecular weight is 581 g/mol. The largest absolute Gasteiger partial charge is 0.368 e. The zero-order chi connectivity index (χ0) is 28.8. The van der Waals surface area contributed by atoms with Gasteiger partial charge in [-0.2, -0.15) is 9.75 Å². The molecule has 0 aromatic carbocycles. The van der Waals surface area contributed by atoms with E-state index in [1.54, 1.807) is 6.20 Å². The Hall–Kier alpha value is -3.42. The molecule has 5 heterocycles. The number of carbonyl (C=O) groups excluding carboxylic acids is 2. The highest BCUT2D eigenvalue weighted by molar-refractivity contribution is 7.14. The minimum absolute atomic E-state index is 0.0681. The minimum Gasteiger partial charge on any atom is -0.368 e. The maximum absolute atomic E-state index is 13.3. The first-order valence-corrected chi connectivity index (χ1v) is 15.2. The molecule has 0 spiro atoms. The lowest BCUT2D eigenvalue weighted by Gasteiger charge is -2.46. The van der Waals surface area contributed by atoms with Crippen LogP contribution in [0, 0.1) is 0 Å². The highest BCUT2D eigenvalue weighted by Gasteiger charge is 2.42. The van der Waals surface area contributed by atoms with Crippen LogP contribution in [-0.4, -0.2) is 85.8 Å². The van der Waals surface area contributed by atoms with Crippen molar-refractivity contribution in [2.75, 3.05) is 44.3 Å². The zero-order valence-corrected chi connectivity index (χ0v) is 24.7. The van der Waals surface area contributed by atoms with Crippen molar-refractivity contribution in [1.29, 1.82) is 0 Å². The number of hydrogen-bond acceptors (Lipinski definition) is 9. The molecule has 0 radical (unpaired) electrons. The van der Waals surface area contributed by atoms with Crippen molar-refractivity contribution < 1.29 is 19.1 Å². The molecule has 6 rings (SSSR count). The molecule has 3 aromatic heterocycles. The van der Waals surface area contributed by atoms with Gasteiger partial charge >= 0.3 is 0 Å². The van der Waals surface area contributed by atoms with Crippen LogP contribution >= 0.6 is 11.3 Å². The van der Waals surface area contributed by atoms with Crippen LogP contribution in [0.1, 0.15) is 73.3 Å². The summed E-state index contributed by atoms with van der Waals surface area (Å²) in [6.45, 7) is 7.74. The van der Waals surface area contributed by atoms with Crippen LogP contribution in [0.25, 0.3) is 11.4 Å². The Bertz CT molecular complexity index is 1450. The van der Waals surface area contributed by atoms with Gasteiger partial charge < -0.3 is 10.6 Å². The number of H-pyrrole nitrogens is 1. The lowest BCUT2D eigenvalue weighted by Crippen LogP contribution is -2.60. The fourth-order valence-electron chi connectivity index (χ4n) is 6.86. The number of fused-ring (bicyclic) bond motifs is 3. The number of nitrogens with two attached hydrogens (primary N) is 1. The second kappa shape index (κ2) is 10.8. The molecule has 2 aliphatic heterocycles. The number of thiazole rings is 1. The van der Waals surface area contributed by atoms with E-state index < -0.39 is 0 Å². The summed E-state index contributed by atoms with van der Waals surface area (Å²) >= 11 is 1.31. The summed E-state index contributed by atoms with van der Waals surface area (Å²) in [5.41, 5.74) is 9.48. The summed E-state index contributed by atoms with van der Waals surface area (Å²) in [6.07, 6.45) is 8.18. The minimum atomic E-state index is -0.367. The van der Waals surface area contributed by atoms with Gasteiger partial charge in [0.15, 0.2) is 5.13 Å². The van der Waals surface area contributed by atoms with Gasteiger partial charge in [-0.15, -0.1) is 11.3 Å². The molecule has 3 aromatic rings. The Balaban J connectivity index is 1.09. The number of rotatable bonds is 6. The lowest BCUT2D eigenvalue weighted by molar-refractivity contribution is -1.12. The number of nitrogens with zero attached hydrogens (tertiary/aromatic N) is 6. The van der Waals surface area contributed by atoms with Gasteiger partial charge in [-0.05, 0) is 36.7 Å². The molecule has 218 valence electrons. The first-order valence-electron chi connectivity index (χ1n) is 14.4. The maximum Gasteiger partial charge on any atom is 0.275 e. The second-order valence-electron chi connectivity index (χ2n) is 12.0. The Labute approximate surface area is 243 Å². The van der Waals surface area contributed by atoms with Crippen molar-refractivity contribution in [3.8, 4) is 11.4 Å². The molecule has 0 saturated carbocycles. The molecule has 2 amide bonds. The van der Waals surface area contributed by atoms with Crippen molar-refractivity contribution >= 4 is 34.2 Å². The Kier molecular flexibility index (Phi) is 7.28. The third-order valence-electron chi connectivity index (χ3n) is 8.93. The topological polar surface area (TPSA) is 152 Å². The Morgan fingerprint density at radius 2 is 1.95 bits per heavy atom. The van der Waals surface area contributed by atoms with Crippen LogP contribution in [0.15, 0.2) is 11.6 Å². The van der Waals surface area contributed by atoms with Gasteiger partial charge in [0.05, 0.1) is 24.9 Å². The first-order chi connectivity index (χ1) is 19.7. The molecule has 4 N–H and O–H groups in total. The van der Waals surface area contributed by atoms with Gasteiger partial charge in [0, 0.05) is 43.1 Å². The number of aromatic amines is 1. The normalized spacial score (nSPS) is 19.8. The molecule has 3 aliphatic rings. The Morgan fingerprint density at radius 3 is 2.68 bits per heavy atom. The summed E-state index contributed by atoms with van der Waals surface area (Å²) in [5, 5.41) is 12.5. The van der Waals surface area contributed by atoms with Crippen molar-refractivity contribution in [2.45, 2.75) is 70.3 Å². The predicted octanol–water partition coefficient (Wildman–Crippen LogP) is 3.09. The molecular formula is C28H38N9O3S+. The summed E-state index contributed by atoms with van der Waals surface area (Å²) < 4.78 is 0.738. The number of hydrogen-bond donors (Lipinski definition) is 3. The van der Waals surface area contributed by atoms with E-state index in [0.29, 0.717) is 40.4 Å². The summed E-state index contributed by atoms with van der Waals surface area (Å²) in [4.78, 5) is 47.5. The van der Waals surface area contributed by atoms with Crippen LogP contribution in [0.5, 0.6) is 0 Å². The average Bonchev–Trinajstić information content (AvgIpc) is 3.62. The van der Waals surface area contributed by atoms with Crippen molar-refractivity contribution in [3.63, 3.8) is 0 Å². The third-order valence-corrected chi connectivity index (χ3v) is 9.74. The van der Waals surface area contributed by atoms with Crippen LogP contribution in [-0.2, 0) is 27.9 Å². The molecule has 2 fully saturated rings. The number of piperidine rings is 2. The molecule has 1 aliphatic carbocycles. The van der Waals surface area contributed by atoms with E-state index in [1.165, 1.54) is 30.6 Å². The summed E-state index contributed by atoms with van der Waals surface area (Å²) in [5.74, 6) is -0.0991. The third kappa shape index (κ3) is 5.22. The van der Waals surface area contributed by atoms with E-state index in [4.69, 9.17) is 10.6 Å². The molecular weight excluding hydrogens is 542 g/mol. The van der Waals surface area contributed by atoms with Crippen LogP contribution in [0.3, 0.4) is 0 Å². The number of aromatic nitrogens is 5. The first kappa shape index (κ1) is 27.7. The monoisotopic (exact) mass is 580 g/mol. The van der Waals surface area contributed by atoms with Crippen LogP contribution < -0.4 is 11.1 Å². The van der Waals surface area contributed by atoms with Gasteiger partial charge in [-0.3, -0.25) is 20.0 Å². The highest BCUT2D eigenvalue weighted by atomic mass is 32.1. The number of nitrogen functional groups attached to an aromatic ring is 1. The molecule has 2 saturated heterocycles. The van der Waals surface area contributed by atoms with Gasteiger partial charge in [0.2, 0.25) is 11.9 Å². The zero-order valence-electron chi connectivity index (χ0n) is 23.9. The molecule has 0 bridgehead atoms. The number of amides is 2. The van der Waals surface area contributed by atoms with Crippen molar-refractivity contribution in [2.24, 2.45) is 0 Å². The van der Waals surface area contributed by atoms with E-state index in [2.05, 4.69) is 44.3 Å². The van der Waals surface area contributed by atoms with Gasteiger partial charge in [-0.25, -0.2) is 19.8 Å². The summed E-state index contributed by atoms with van der Waals surface area (Å²) in [7, 11) is 1.83. The van der Waals surface area contributed by atoms with Gasteiger partial charge in [-0.1, -0.05) is 13.8 Å². The number of hydroxylamine groups is 3. The number of quaternary nitrogens is 1. The van der Waals surface area contributed by atoms with Crippen molar-refractivity contribution in [3.05, 3.63) is 34.1 Å². The smallest absolute Gasteiger partial charge is 0.275 e. The molecule has 0 unspecified atom stereocenters. The van der Waals surface area contributed by atoms with Crippen LogP contribution in [0.2, 0.25) is 0 Å². The van der Waals surface area contributed by atoms with E-state index in [-0.39, 0.29) is 29.6 Å². The van der Waals surface area contributed by atoms with Gasteiger partial charge in [0.25, 0.3) is 5.91 Å². The predicted molar refractivity (Wildman–Crippen MR) is 155 cm³/mol. The molecule has 12 nitrogen and oxygen atoms in total.